The van der Waals surface area contributed by atoms with Gasteiger partial charge in [0.25, 0.3) is 0 Å². The van der Waals surface area contributed by atoms with Crippen molar-refractivity contribution >= 4 is 23.3 Å². The summed E-state index contributed by atoms with van der Waals surface area (Å²) in [6, 6.07) is 11.6. The summed E-state index contributed by atoms with van der Waals surface area (Å²) in [5.41, 5.74) is 2.40. The number of aromatic nitrogens is 4. The fraction of sp³-hybridized carbons (Fsp3) is 0.400. The van der Waals surface area contributed by atoms with Crippen molar-refractivity contribution in [1.29, 1.82) is 0 Å². The third-order valence-electron chi connectivity index (χ3n) is 4.58. The molecule has 3 heterocycles. The molecule has 1 unspecified atom stereocenters. The van der Waals surface area contributed by atoms with Crippen LogP contribution in [-0.4, -0.2) is 57.3 Å². The highest BCUT2D eigenvalue weighted by atomic mass is 32.2. The van der Waals surface area contributed by atoms with Crippen LogP contribution in [0.5, 0.6) is 5.75 Å². The Hall–Kier alpha value is -2.65. The molecular formula is C20H23N5O3S. The summed E-state index contributed by atoms with van der Waals surface area (Å²) in [5, 5.41) is 16.4. The molecule has 1 atom stereocenters. The minimum Gasteiger partial charge on any atom is -0.494 e. The Morgan fingerprint density at radius 3 is 2.90 bits per heavy atom. The van der Waals surface area contributed by atoms with Crippen molar-refractivity contribution in [3.05, 3.63) is 36.4 Å². The van der Waals surface area contributed by atoms with Gasteiger partial charge in [-0.25, -0.2) is 0 Å². The average molecular weight is 414 g/mol. The van der Waals surface area contributed by atoms with Gasteiger partial charge in [-0.15, -0.1) is 10.2 Å². The largest absolute Gasteiger partial charge is 0.494 e. The van der Waals surface area contributed by atoms with Gasteiger partial charge in [-0.05, 0) is 56.2 Å². The molecule has 1 aliphatic heterocycles. The first-order chi connectivity index (χ1) is 14.2. The average Bonchev–Trinajstić information content (AvgIpc) is 3.41. The van der Waals surface area contributed by atoms with Crippen LogP contribution in [0.3, 0.4) is 0 Å². The molecule has 1 aliphatic rings. The molecular weight excluding hydrogens is 390 g/mol. The number of rotatable bonds is 8. The van der Waals surface area contributed by atoms with E-state index in [1.165, 1.54) is 11.8 Å². The Kier molecular flexibility index (Phi) is 6.26. The number of amides is 1. The maximum atomic E-state index is 12.1. The standard InChI is InChI=1S/C20H23N5O3S/c1-2-27-15-7-5-14(6-8-15)17-9-10-18-22-23-20(25(18)24-17)29-13-19(26)21-12-16-4-3-11-28-16/h5-10,16H,2-4,11-13H2,1H3,(H,21,26). The van der Waals surface area contributed by atoms with Gasteiger partial charge in [-0.1, -0.05) is 11.8 Å². The number of hydrogen-bond donors (Lipinski definition) is 1. The first-order valence-corrected chi connectivity index (χ1v) is 10.7. The van der Waals surface area contributed by atoms with Crippen molar-refractivity contribution in [2.24, 2.45) is 0 Å². The number of benzene rings is 1. The summed E-state index contributed by atoms with van der Waals surface area (Å²) in [5.74, 6) is 1.03. The van der Waals surface area contributed by atoms with Crippen LogP contribution < -0.4 is 10.1 Å². The van der Waals surface area contributed by atoms with Crippen LogP contribution in [0.15, 0.2) is 41.6 Å². The molecule has 2 aromatic heterocycles. The minimum atomic E-state index is -0.0510. The molecule has 1 amide bonds. The molecule has 3 aromatic rings. The van der Waals surface area contributed by atoms with Crippen LogP contribution in [0.1, 0.15) is 19.8 Å². The van der Waals surface area contributed by atoms with Crippen LogP contribution in [0.2, 0.25) is 0 Å². The topological polar surface area (TPSA) is 90.6 Å². The van der Waals surface area contributed by atoms with E-state index in [9.17, 15) is 4.79 Å². The number of ether oxygens (including phenoxy) is 2. The number of carbonyl (C=O) groups is 1. The molecule has 0 bridgehead atoms. The lowest BCUT2D eigenvalue weighted by Gasteiger charge is -2.10. The lowest BCUT2D eigenvalue weighted by molar-refractivity contribution is -0.119. The minimum absolute atomic E-state index is 0.0510. The van der Waals surface area contributed by atoms with Crippen molar-refractivity contribution in [1.82, 2.24) is 25.1 Å². The summed E-state index contributed by atoms with van der Waals surface area (Å²) in [7, 11) is 0. The first-order valence-electron chi connectivity index (χ1n) is 9.69. The fourth-order valence-corrected chi connectivity index (χ4v) is 3.83. The molecule has 152 valence electrons. The van der Waals surface area contributed by atoms with Gasteiger partial charge in [0, 0.05) is 18.7 Å². The van der Waals surface area contributed by atoms with Gasteiger partial charge in [-0.2, -0.15) is 9.61 Å². The number of carbonyl (C=O) groups excluding carboxylic acids is 1. The second kappa shape index (κ2) is 9.23. The van der Waals surface area contributed by atoms with E-state index < -0.39 is 0 Å². The van der Waals surface area contributed by atoms with Gasteiger partial charge >= 0.3 is 0 Å². The van der Waals surface area contributed by atoms with Crippen molar-refractivity contribution in [3.63, 3.8) is 0 Å². The van der Waals surface area contributed by atoms with Crippen LogP contribution in [0, 0.1) is 0 Å². The van der Waals surface area contributed by atoms with Crippen LogP contribution in [0.25, 0.3) is 16.9 Å². The third kappa shape index (κ3) is 4.86. The van der Waals surface area contributed by atoms with E-state index in [2.05, 4.69) is 20.6 Å². The molecule has 0 aliphatic carbocycles. The Labute approximate surface area is 173 Å². The highest BCUT2D eigenvalue weighted by Crippen LogP contribution is 2.23. The van der Waals surface area contributed by atoms with Gasteiger partial charge in [0.05, 0.1) is 24.2 Å². The number of nitrogens with zero attached hydrogens (tertiary/aromatic N) is 4. The zero-order valence-electron chi connectivity index (χ0n) is 16.2. The summed E-state index contributed by atoms with van der Waals surface area (Å²) >= 11 is 1.31. The van der Waals surface area contributed by atoms with Gasteiger partial charge in [0.1, 0.15) is 5.75 Å². The van der Waals surface area contributed by atoms with Crippen molar-refractivity contribution in [3.8, 4) is 17.0 Å². The van der Waals surface area contributed by atoms with Crippen LogP contribution in [-0.2, 0) is 9.53 Å². The van der Waals surface area contributed by atoms with E-state index in [0.29, 0.717) is 24.0 Å². The molecule has 29 heavy (non-hydrogen) atoms. The molecule has 9 heteroatoms. The van der Waals surface area contributed by atoms with E-state index in [-0.39, 0.29) is 17.8 Å². The van der Waals surface area contributed by atoms with E-state index in [0.717, 1.165) is 36.5 Å². The number of fused-ring (bicyclic) bond motifs is 1. The van der Waals surface area contributed by atoms with E-state index >= 15 is 0 Å². The second-order valence-electron chi connectivity index (χ2n) is 6.66. The summed E-state index contributed by atoms with van der Waals surface area (Å²) < 4.78 is 12.7. The zero-order valence-corrected chi connectivity index (χ0v) is 17.0. The molecule has 1 saturated heterocycles. The predicted molar refractivity (Wildman–Crippen MR) is 110 cm³/mol. The molecule has 1 fully saturated rings. The Morgan fingerprint density at radius 2 is 2.14 bits per heavy atom. The molecule has 0 spiro atoms. The van der Waals surface area contributed by atoms with Crippen molar-refractivity contribution in [2.75, 3.05) is 25.5 Å². The van der Waals surface area contributed by atoms with Gasteiger partial charge in [-0.3, -0.25) is 4.79 Å². The van der Waals surface area contributed by atoms with Crippen LogP contribution in [0.4, 0.5) is 0 Å². The number of thioether (sulfide) groups is 1. The van der Waals surface area contributed by atoms with Crippen molar-refractivity contribution in [2.45, 2.75) is 31.0 Å². The van der Waals surface area contributed by atoms with Gasteiger partial charge < -0.3 is 14.8 Å². The van der Waals surface area contributed by atoms with E-state index in [1.54, 1.807) is 4.52 Å². The van der Waals surface area contributed by atoms with Crippen LogP contribution >= 0.6 is 11.8 Å². The lowest BCUT2D eigenvalue weighted by Crippen LogP contribution is -2.32. The van der Waals surface area contributed by atoms with E-state index in [4.69, 9.17) is 9.47 Å². The molecule has 8 nitrogen and oxygen atoms in total. The first kappa shape index (κ1) is 19.7. The van der Waals surface area contributed by atoms with Crippen molar-refractivity contribution < 1.29 is 14.3 Å². The molecule has 1 N–H and O–H groups in total. The van der Waals surface area contributed by atoms with E-state index in [1.807, 2.05) is 43.3 Å². The lowest BCUT2D eigenvalue weighted by atomic mass is 10.1. The zero-order chi connectivity index (χ0) is 20.1. The smallest absolute Gasteiger partial charge is 0.230 e. The SMILES string of the molecule is CCOc1ccc(-c2ccc3nnc(SCC(=O)NCC4CCCO4)n3n2)cc1. The quantitative estimate of drug-likeness (QED) is 0.568. The Bertz CT molecular complexity index is 970. The van der Waals surface area contributed by atoms with Gasteiger partial charge in [0.2, 0.25) is 11.1 Å². The predicted octanol–water partition coefficient (Wildman–Crippen LogP) is 2.58. The molecule has 0 radical (unpaired) electrons. The van der Waals surface area contributed by atoms with Gasteiger partial charge in [0.15, 0.2) is 5.65 Å². The molecule has 1 aromatic carbocycles. The molecule has 4 rings (SSSR count). The number of nitrogens with one attached hydrogen (secondary N) is 1. The maximum Gasteiger partial charge on any atom is 0.230 e. The normalized spacial score (nSPS) is 16.2. The monoisotopic (exact) mass is 413 g/mol. The summed E-state index contributed by atoms with van der Waals surface area (Å²) in [6.45, 7) is 3.92. The number of hydrogen-bond acceptors (Lipinski definition) is 7. The fourth-order valence-electron chi connectivity index (χ4n) is 3.12. The Balaban J connectivity index is 1.42. The molecule has 0 saturated carbocycles. The highest BCUT2D eigenvalue weighted by Gasteiger charge is 2.17. The Morgan fingerprint density at radius 1 is 1.28 bits per heavy atom. The highest BCUT2D eigenvalue weighted by molar-refractivity contribution is 7.99. The maximum absolute atomic E-state index is 12.1. The summed E-state index contributed by atoms with van der Waals surface area (Å²) in [6.07, 6.45) is 2.19. The third-order valence-corrected chi connectivity index (χ3v) is 5.50. The second-order valence-corrected chi connectivity index (χ2v) is 7.60. The summed E-state index contributed by atoms with van der Waals surface area (Å²) in [4.78, 5) is 12.1.